The maximum absolute atomic E-state index is 13.2. The van der Waals surface area contributed by atoms with E-state index in [1.807, 2.05) is 6.92 Å². The lowest BCUT2D eigenvalue weighted by Crippen LogP contribution is -2.14. The summed E-state index contributed by atoms with van der Waals surface area (Å²) in [6.07, 6.45) is 1.60. The van der Waals surface area contributed by atoms with Crippen molar-refractivity contribution in [1.82, 2.24) is 10.1 Å². The van der Waals surface area contributed by atoms with Gasteiger partial charge >= 0.3 is 0 Å². The molecule has 1 atom stereocenters. The minimum Gasteiger partial charge on any atom is -0.339 e. The molecule has 0 aliphatic rings. The molecule has 2 rings (SSSR count). The second-order valence-electron chi connectivity index (χ2n) is 3.98. The number of halogens is 2. The fourth-order valence-corrected chi connectivity index (χ4v) is 1.84. The van der Waals surface area contributed by atoms with Gasteiger partial charge in [-0.25, -0.2) is 4.39 Å². The van der Waals surface area contributed by atoms with Crippen molar-refractivity contribution in [3.63, 3.8) is 0 Å². The lowest BCUT2D eigenvalue weighted by molar-refractivity contribution is 0.370. The predicted octanol–water partition coefficient (Wildman–Crippen LogP) is 2.86. The van der Waals surface area contributed by atoms with E-state index in [0.29, 0.717) is 23.7 Å². The quantitative estimate of drug-likeness (QED) is 0.927. The molecule has 6 heteroatoms. The molecule has 0 aliphatic heterocycles. The Balaban J connectivity index is 2.26. The number of aromatic nitrogens is 2. The van der Waals surface area contributed by atoms with Crippen LogP contribution >= 0.6 is 11.6 Å². The van der Waals surface area contributed by atoms with Crippen molar-refractivity contribution in [2.24, 2.45) is 5.73 Å². The molecular formula is C12H13ClFN3O. The summed E-state index contributed by atoms with van der Waals surface area (Å²) in [6.45, 7) is 2.01. The van der Waals surface area contributed by atoms with Gasteiger partial charge in [-0.3, -0.25) is 0 Å². The molecule has 0 aliphatic carbocycles. The van der Waals surface area contributed by atoms with Gasteiger partial charge in [0.2, 0.25) is 5.89 Å². The first-order valence-electron chi connectivity index (χ1n) is 5.64. The minimum absolute atomic E-state index is 0.290. The molecule has 0 amide bonds. The zero-order valence-electron chi connectivity index (χ0n) is 9.86. The predicted molar refractivity (Wildman–Crippen MR) is 65.7 cm³/mol. The Bertz CT molecular complexity index is 524. The van der Waals surface area contributed by atoms with E-state index in [0.717, 1.165) is 6.42 Å². The van der Waals surface area contributed by atoms with Crippen LogP contribution in [-0.4, -0.2) is 10.1 Å². The van der Waals surface area contributed by atoms with Crippen LogP contribution in [0.3, 0.4) is 0 Å². The van der Waals surface area contributed by atoms with Gasteiger partial charge in [-0.2, -0.15) is 4.98 Å². The molecule has 0 saturated carbocycles. The molecule has 18 heavy (non-hydrogen) atoms. The monoisotopic (exact) mass is 269 g/mol. The third-order valence-corrected chi connectivity index (χ3v) is 2.69. The van der Waals surface area contributed by atoms with Crippen molar-refractivity contribution in [2.45, 2.75) is 25.8 Å². The number of benzene rings is 1. The number of aryl methyl sites for hydroxylation is 1. The molecule has 0 radical (unpaired) electrons. The van der Waals surface area contributed by atoms with Crippen molar-refractivity contribution < 1.29 is 8.91 Å². The zero-order valence-corrected chi connectivity index (χ0v) is 10.6. The van der Waals surface area contributed by atoms with Crippen LogP contribution in [0.5, 0.6) is 0 Å². The Hall–Kier alpha value is -1.46. The zero-order chi connectivity index (χ0) is 13.1. The van der Waals surface area contributed by atoms with Crippen LogP contribution in [-0.2, 0) is 6.42 Å². The molecule has 1 unspecified atom stereocenters. The van der Waals surface area contributed by atoms with Crippen molar-refractivity contribution in [1.29, 1.82) is 0 Å². The van der Waals surface area contributed by atoms with E-state index >= 15 is 0 Å². The van der Waals surface area contributed by atoms with Crippen LogP contribution in [0.4, 0.5) is 4.39 Å². The second-order valence-corrected chi connectivity index (χ2v) is 4.41. The highest BCUT2D eigenvalue weighted by Crippen LogP contribution is 2.22. The molecule has 2 N–H and O–H groups in total. The molecular weight excluding hydrogens is 257 g/mol. The molecule has 0 spiro atoms. The van der Waals surface area contributed by atoms with Gasteiger partial charge in [0.05, 0.1) is 6.04 Å². The normalized spacial score (nSPS) is 12.7. The van der Waals surface area contributed by atoms with E-state index in [2.05, 4.69) is 10.1 Å². The van der Waals surface area contributed by atoms with Crippen LogP contribution in [0.25, 0.3) is 0 Å². The smallest absolute Gasteiger partial charge is 0.226 e. The van der Waals surface area contributed by atoms with Crippen LogP contribution in [0.2, 0.25) is 5.02 Å². The third-order valence-electron chi connectivity index (χ3n) is 2.47. The summed E-state index contributed by atoms with van der Waals surface area (Å²) in [6, 6.07) is 3.47. The van der Waals surface area contributed by atoms with Gasteiger partial charge in [0.1, 0.15) is 5.82 Å². The van der Waals surface area contributed by atoms with E-state index < -0.39 is 11.9 Å². The number of nitrogens with two attached hydrogens (primary N) is 1. The Kier molecular flexibility index (Phi) is 3.93. The van der Waals surface area contributed by atoms with E-state index in [1.54, 1.807) is 6.07 Å². The summed E-state index contributed by atoms with van der Waals surface area (Å²) in [5, 5.41) is 4.08. The van der Waals surface area contributed by atoms with Gasteiger partial charge in [-0.1, -0.05) is 23.7 Å². The second kappa shape index (κ2) is 5.46. The van der Waals surface area contributed by atoms with E-state index in [-0.39, 0.29) is 5.02 Å². The summed E-state index contributed by atoms with van der Waals surface area (Å²) < 4.78 is 18.3. The lowest BCUT2D eigenvalue weighted by Gasteiger charge is -2.07. The third kappa shape index (κ3) is 2.86. The highest BCUT2D eigenvalue weighted by molar-refractivity contribution is 6.30. The van der Waals surface area contributed by atoms with Gasteiger partial charge in [0.25, 0.3) is 0 Å². The number of rotatable bonds is 4. The Morgan fingerprint density at radius 3 is 2.89 bits per heavy atom. The number of hydrogen-bond donors (Lipinski definition) is 1. The van der Waals surface area contributed by atoms with Crippen molar-refractivity contribution in [3.05, 3.63) is 46.3 Å². The fourth-order valence-electron chi connectivity index (χ4n) is 1.61. The summed E-state index contributed by atoms with van der Waals surface area (Å²) >= 11 is 5.78. The maximum atomic E-state index is 13.2. The first kappa shape index (κ1) is 13.0. The Morgan fingerprint density at radius 2 is 2.22 bits per heavy atom. The first-order valence-corrected chi connectivity index (χ1v) is 6.02. The van der Waals surface area contributed by atoms with E-state index in [4.69, 9.17) is 21.9 Å². The van der Waals surface area contributed by atoms with Crippen LogP contribution in [0, 0.1) is 5.82 Å². The van der Waals surface area contributed by atoms with Gasteiger partial charge in [0, 0.05) is 11.4 Å². The standard InChI is InChI=1S/C12H13ClFN3O/c1-2-3-10-16-12(17-18-10)11(15)7-4-8(13)6-9(14)5-7/h4-6,11H,2-3,15H2,1H3. The Labute approximate surface area is 109 Å². The van der Waals surface area contributed by atoms with Gasteiger partial charge in [-0.05, 0) is 30.2 Å². The van der Waals surface area contributed by atoms with Gasteiger partial charge < -0.3 is 10.3 Å². The number of hydrogen-bond acceptors (Lipinski definition) is 4. The van der Waals surface area contributed by atoms with Crippen molar-refractivity contribution in [2.75, 3.05) is 0 Å². The molecule has 0 fully saturated rings. The summed E-state index contributed by atoms with van der Waals surface area (Å²) in [7, 11) is 0. The SMILES string of the molecule is CCCc1nc(C(N)c2cc(F)cc(Cl)c2)no1. The molecule has 1 heterocycles. The van der Waals surface area contributed by atoms with Gasteiger partial charge in [0.15, 0.2) is 5.82 Å². The average Bonchev–Trinajstić information content (AvgIpc) is 2.76. The molecule has 0 bridgehead atoms. The molecule has 4 nitrogen and oxygen atoms in total. The maximum Gasteiger partial charge on any atom is 0.226 e. The molecule has 1 aromatic heterocycles. The topological polar surface area (TPSA) is 64.9 Å². The highest BCUT2D eigenvalue weighted by atomic mass is 35.5. The molecule has 1 aromatic carbocycles. The van der Waals surface area contributed by atoms with Gasteiger partial charge in [-0.15, -0.1) is 0 Å². The highest BCUT2D eigenvalue weighted by Gasteiger charge is 2.17. The summed E-state index contributed by atoms with van der Waals surface area (Å²) in [5.41, 5.74) is 6.47. The molecule has 2 aromatic rings. The van der Waals surface area contributed by atoms with Crippen LogP contribution in [0.1, 0.15) is 36.7 Å². The summed E-state index contributed by atoms with van der Waals surface area (Å²) in [5.74, 6) is 0.427. The van der Waals surface area contributed by atoms with E-state index in [1.165, 1.54) is 12.1 Å². The largest absolute Gasteiger partial charge is 0.339 e. The van der Waals surface area contributed by atoms with Crippen LogP contribution < -0.4 is 5.73 Å². The molecule has 0 saturated heterocycles. The van der Waals surface area contributed by atoms with E-state index in [9.17, 15) is 4.39 Å². The summed E-state index contributed by atoms with van der Waals surface area (Å²) in [4.78, 5) is 4.17. The molecule has 96 valence electrons. The lowest BCUT2D eigenvalue weighted by atomic mass is 10.1. The minimum atomic E-state index is -0.646. The number of nitrogens with zero attached hydrogens (tertiary/aromatic N) is 2. The fraction of sp³-hybridized carbons (Fsp3) is 0.333. The first-order chi connectivity index (χ1) is 8.60. The van der Waals surface area contributed by atoms with Crippen molar-refractivity contribution >= 4 is 11.6 Å². The average molecular weight is 270 g/mol. The van der Waals surface area contributed by atoms with Crippen molar-refractivity contribution in [3.8, 4) is 0 Å². The van der Waals surface area contributed by atoms with Crippen LogP contribution in [0.15, 0.2) is 22.7 Å². The Morgan fingerprint density at radius 1 is 1.44 bits per heavy atom.